The molecular formula is C18H21NO3. The first kappa shape index (κ1) is 16.0. The highest BCUT2D eigenvalue weighted by Gasteiger charge is 2.15. The number of likely N-dealkylation sites (N-methyl/N-ethyl adjacent to an activating group) is 1. The normalized spacial score (nSPS) is 11.7. The van der Waals surface area contributed by atoms with E-state index in [9.17, 15) is 9.90 Å². The summed E-state index contributed by atoms with van der Waals surface area (Å²) < 4.78 is 5.22. The fourth-order valence-corrected chi connectivity index (χ4v) is 2.17. The van der Waals surface area contributed by atoms with E-state index in [1.54, 1.807) is 7.05 Å². The van der Waals surface area contributed by atoms with Gasteiger partial charge in [-0.3, -0.25) is 0 Å². The molecule has 4 heteroatoms. The van der Waals surface area contributed by atoms with E-state index in [0.717, 1.165) is 11.1 Å². The van der Waals surface area contributed by atoms with Crippen LogP contribution in [0.2, 0.25) is 0 Å². The number of aliphatic hydroxyl groups is 1. The minimum absolute atomic E-state index is 0.235. The summed E-state index contributed by atoms with van der Waals surface area (Å²) in [5, 5.41) is 10.1. The molecule has 2 aromatic rings. The predicted octanol–water partition coefficient (Wildman–Crippen LogP) is 2.86. The number of hydrogen-bond acceptors (Lipinski definition) is 3. The Labute approximate surface area is 131 Å². The van der Waals surface area contributed by atoms with Crippen LogP contribution >= 0.6 is 0 Å². The van der Waals surface area contributed by atoms with Crippen LogP contribution in [-0.2, 0) is 17.8 Å². The zero-order valence-electron chi connectivity index (χ0n) is 12.7. The van der Waals surface area contributed by atoms with Gasteiger partial charge in [-0.25, -0.2) is 4.79 Å². The number of benzene rings is 2. The fraction of sp³-hybridized carbons (Fsp3) is 0.278. The van der Waals surface area contributed by atoms with Crippen LogP contribution in [0.15, 0.2) is 60.7 Å². The summed E-state index contributed by atoms with van der Waals surface area (Å²) in [7, 11) is 1.63. The summed E-state index contributed by atoms with van der Waals surface area (Å²) >= 11 is 0. The number of hydrogen-bond donors (Lipinski definition) is 1. The number of aliphatic hydroxyl groups excluding tert-OH is 1. The lowest BCUT2D eigenvalue weighted by atomic mass is 10.1. The molecule has 4 nitrogen and oxygen atoms in total. The Morgan fingerprint density at radius 1 is 1.05 bits per heavy atom. The van der Waals surface area contributed by atoms with Crippen LogP contribution < -0.4 is 0 Å². The lowest BCUT2D eigenvalue weighted by molar-refractivity contribution is 0.0788. The highest BCUT2D eigenvalue weighted by molar-refractivity contribution is 5.67. The Hall–Kier alpha value is -2.33. The van der Waals surface area contributed by atoms with E-state index in [-0.39, 0.29) is 13.2 Å². The van der Waals surface area contributed by atoms with E-state index in [0.29, 0.717) is 6.42 Å². The molecule has 0 fully saturated rings. The van der Waals surface area contributed by atoms with Gasteiger partial charge in [-0.2, -0.15) is 0 Å². The second-order valence-corrected chi connectivity index (χ2v) is 5.26. The first-order valence-electron chi connectivity index (χ1n) is 7.29. The van der Waals surface area contributed by atoms with Crippen molar-refractivity contribution >= 4 is 6.09 Å². The molecule has 0 saturated heterocycles. The van der Waals surface area contributed by atoms with E-state index in [1.165, 1.54) is 4.90 Å². The number of carbonyl (C=O) groups excluding carboxylic acids is 1. The van der Waals surface area contributed by atoms with E-state index in [4.69, 9.17) is 4.74 Å². The molecular weight excluding hydrogens is 278 g/mol. The van der Waals surface area contributed by atoms with Crippen LogP contribution in [-0.4, -0.2) is 35.8 Å². The Kier molecular flexibility index (Phi) is 5.98. The van der Waals surface area contributed by atoms with Crippen molar-refractivity contribution in [1.29, 1.82) is 0 Å². The summed E-state index contributed by atoms with van der Waals surface area (Å²) in [6, 6.07) is 19.2. The molecule has 116 valence electrons. The molecule has 0 spiro atoms. The molecule has 1 N–H and O–H groups in total. The minimum Gasteiger partial charge on any atom is -0.445 e. The average Bonchev–Trinajstić information content (AvgIpc) is 2.54. The summed E-state index contributed by atoms with van der Waals surface area (Å²) in [6.07, 6.45) is -0.537. The largest absolute Gasteiger partial charge is 0.445 e. The van der Waals surface area contributed by atoms with Gasteiger partial charge in [-0.05, 0) is 11.1 Å². The van der Waals surface area contributed by atoms with Crippen molar-refractivity contribution in [3.05, 3.63) is 71.8 Å². The summed E-state index contributed by atoms with van der Waals surface area (Å²) in [5.74, 6) is 0. The van der Waals surface area contributed by atoms with Crippen molar-refractivity contribution in [2.45, 2.75) is 19.1 Å². The van der Waals surface area contributed by atoms with Crippen LogP contribution in [0.4, 0.5) is 4.79 Å². The zero-order chi connectivity index (χ0) is 15.8. The van der Waals surface area contributed by atoms with Crippen LogP contribution in [0, 0.1) is 0 Å². The Balaban J connectivity index is 1.76. The second kappa shape index (κ2) is 8.20. The number of ether oxygens (including phenoxy) is 1. The maximum Gasteiger partial charge on any atom is 0.409 e. The molecule has 1 unspecified atom stereocenters. The number of nitrogens with zero attached hydrogens (tertiary/aromatic N) is 1. The molecule has 0 aromatic heterocycles. The third-order valence-corrected chi connectivity index (χ3v) is 3.32. The van der Waals surface area contributed by atoms with E-state index >= 15 is 0 Å². The highest BCUT2D eigenvalue weighted by Crippen LogP contribution is 2.06. The van der Waals surface area contributed by atoms with Gasteiger partial charge in [0.1, 0.15) is 6.61 Å². The van der Waals surface area contributed by atoms with Crippen LogP contribution in [0.3, 0.4) is 0 Å². The van der Waals surface area contributed by atoms with Crippen molar-refractivity contribution in [2.24, 2.45) is 0 Å². The SMILES string of the molecule is CN(CC(O)Cc1ccccc1)C(=O)OCc1ccccc1. The van der Waals surface area contributed by atoms with E-state index < -0.39 is 12.2 Å². The molecule has 0 radical (unpaired) electrons. The molecule has 2 rings (SSSR count). The molecule has 0 heterocycles. The van der Waals surface area contributed by atoms with Crippen molar-refractivity contribution in [2.75, 3.05) is 13.6 Å². The lowest BCUT2D eigenvalue weighted by Crippen LogP contribution is -2.35. The molecule has 1 atom stereocenters. The van der Waals surface area contributed by atoms with Crippen LogP contribution in [0.25, 0.3) is 0 Å². The van der Waals surface area contributed by atoms with Gasteiger partial charge in [-0.1, -0.05) is 60.7 Å². The van der Waals surface area contributed by atoms with Crippen LogP contribution in [0.1, 0.15) is 11.1 Å². The molecule has 2 aromatic carbocycles. The van der Waals surface area contributed by atoms with Gasteiger partial charge in [0, 0.05) is 20.0 Å². The molecule has 0 aliphatic heterocycles. The van der Waals surface area contributed by atoms with Gasteiger partial charge in [0.25, 0.3) is 0 Å². The third kappa shape index (κ3) is 5.22. The Morgan fingerprint density at radius 2 is 1.59 bits per heavy atom. The van der Waals surface area contributed by atoms with Crippen molar-refractivity contribution in [3.8, 4) is 0 Å². The Morgan fingerprint density at radius 3 is 2.18 bits per heavy atom. The Bertz CT molecular complexity index is 571. The summed E-state index contributed by atoms with van der Waals surface area (Å²) in [6.45, 7) is 0.474. The monoisotopic (exact) mass is 299 g/mol. The third-order valence-electron chi connectivity index (χ3n) is 3.32. The highest BCUT2D eigenvalue weighted by atomic mass is 16.6. The summed E-state index contributed by atoms with van der Waals surface area (Å²) in [4.78, 5) is 13.3. The van der Waals surface area contributed by atoms with Gasteiger partial charge in [-0.15, -0.1) is 0 Å². The van der Waals surface area contributed by atoms with E-state index in [1.807, 2.05) is 60.7 Å². The number of rotatable bonds is 6. The van der Waals surface area contributed by atoms with Crippen molar-refractivity contribution in [3.63, 3.8) is 0 Å². The molecule has 1 amide bonds. The molecule has 0 bridgehead atoms. The lowest BCUT2D eigenvalue weighted by Gasteiger charge is -2.20. The topological polar surface area (TPSA) is 49.8 Å². The van der Waals surface area contributed by atoms with E-state index in [2.05, 4.69) is 0 Å². The van der Waals surface area contributed by atoms with Crippen LogP contribution in [0.5, 0.6) is 0 Å². The van der Waals surface area contributed by atoms with Gasteiger partial charge >= 0.3 is 6.09 Å². The standard InChI is InChI=1S/C18H21NO3/c1-19(13-17(20)12-15-8-4-2-5-9-15)18(21)22-14-16-10-6-3-7-11-16/h2-11,17,20H,12-14H2,1H3. The smallest absolute Gasteiger partial charge is 0.409 e. The quantitative estimate of drug-likeness (QED) is 0.892. The molecule has 0 aliphatic carbocycles. The first-order chi connectivity index (χ1) is 10.6. The number of amides is 1. The molecule has 0 saturated carbocycles. The first-order valence-corrected chi connectivity index (χ1v) is 7.29. The van der Waals surface area contributed by atoms with Gasteiger partial charge < -0.3 is 14.7 Å². The zero-order valence-corrected chi connectivity index (χ0v) is 12.7. The predicted molar refractivity (Wildman–Crippen MR) is 85.4 cm³/mol. The molecule has 22 heavy (non-hydrogen) atoms. The van der Waals surface area contributed by atoms with Gasteiger partial charge in [0.05, 0.1) is 6.10 Å². The maximum atomic E-state index is 11.9. The van der Waals surface area contributed by atoms with Gasteiger partial charge in [0.2, 0.25) is 0 Å². The summed E-state index contributed by atoms with van der Waals surface area (Å²) in [5.41, 5.74) is 1.98. The van der Waals surface area contributed by atoms with Crippen molar-refractivity contribution in [1.82, 2.24) is 4.90 Å². The average molecular weight is 299 g/mol. The minimum atomic E-state index is -0.614. The van der Waals surface area contributed by atoms with Crippen molar-refractivity contribution < 1.29 is 14.6 Å². The maximum absolute atomic E-state index is 11.9. The molecule has 0 aliphatic rings. The van der Waals surface area contributed by atoms with Gasteiger partial charge in [0.15, 0.2) is 0 Å². The number of carbonyl (C=O) groups is 1. The second-order valence-electron chi connectivity index (χ2n) is 5.26. The fourth-order valence-electron chi connectivity index (χ4n) is 2.17.